The molecule has 0 saturated heterocycles. The summed E-state index contributed by atoms with van der Waals surface area (Å²) in [7, 11) is 0. The summed E-state index contributed by atoms with van der Waals surface area (Å²) < 4.78 is 0. The second kappa shape index (κ2) is 7.86. The van der Waals surface area contributed by atoms with Gasteiger partial charge in [-0.3, -0.25) is 0 Å². The summed E-state index contributed by atoms with van der Waals surface area (Å²) in [6.45, 7) is 17.3. The summed E-state index contributed by atoms with van der Waals surface area (Å²) in [6, 6.07) is 6.83. The van der Waals surface area contributed by atoms with E-state index in [1.807, 2.05) is 18.2 Å². The van der Waals surface area contributed by atoms with E-state index in [1.54, 1.807) is 6.92 Å². The minimum absolute atomic E-state index is 0.0902. The van der Waals surface area contributed by atoms with Crippen LogP contribution in [0.15, 0.2) is 48.1 Å². The van der Waals surface area contributed by atoms with Gasteiger partial charge in [0.05, 0.1) is 0 Å². The van der Waals surface area contributed by atoms with Crippen molar-refractivity contribution < 1.29 is 9.90 Å². The molecule has 0 atom stereocenters. The highest BCUT2D eigenvalue weighted by molar-refractivity contribution is 5.81. The van der Waals surface area contributed by atoms with Gasteiger partial charge in [-0.25, -0.2) is 4.79 Å². The van der Waals surface area contributed by atoms with Gasteiger partial charge in [0.25, 0.3) is 0 Å². The zero-order valence-electron chi connectivity index (χ0n) is 16.9. The third kappa shape index (κ3) is 6.74. The van der Waals surface area contributed by atoms with Gasteiger partial charge in [0.2, 0.25) is 0 Å². The maximum absolute atomic E-state index is 10.7. The fourth-order valence-electron chi connectivity index (χ4n) is 2.40. The highest BCUT2D eigenvalue weighted by Gasteiger charge is 2.20. The average Bonchev–Trinajstić information content (AvgIpc) is 2.44. The van der Waals surface area contributed by atoms with Crippen molar-refractivity contribution in [1.82, 2.24) is 0 Å². The normalized spacial score (nSPS) is 14.2. The van der Waals surface area contributed by atoms with Crippen LogP contribution in [0.5, 0.6) is 0 Å². The molecule has 1 aromatic rings. The van der Waals surface area contributed by atoms with Gasteiger partial charge in [0.1, 0.15) is 0 Å². The SMILES string of the molecule is CC(C=C/C=C(\C)c1cc(C(C)(C)C)cc(C(C)(C)C)c1)=CC(=O)O. The first-order valence-electron chi connectivity index (χ1n) is 8.73. The van der Waals surface area contributed by atoms with E-state index in [-0.39, 0.29) is 10.8 Å². The Labute approximate surface area is 153 Å². The molecule has 2 heteroatoms. The smallest absolute Gasteiger partial charge is 0.328 e. The Bertz CT molecular complexity index is 685. The number of allylic oxidation sites excluding steroid dienone is 5. The monoisotopic (exact) mass is 340 g/mol. The van der Waals surface area contributed by atoms with E-state index in [0.717, 1.165) is 11.1 Å². The highest BCUT2D eigenvalue weighted by Crippen LogP contribution is 2.32. The molecule has 0 aromatic heterocycles. The first kappa shape index (κ1) is 21.0. The molecule has 0 aliphatic heterocycles. The Morgan fingerprint density at radius 3 is 1.80 bits per heavy atom. The lowest BCUT2D eigenvalue weighted by Gasteiger charge is -2.26. The molecule has 0 aliphatic carbocycles. The molecule has 1 N–H and O–H groups in total. The largest absolute Gasteiger partial charge is 0.478 e. The molecule has 0 fully saturated rings. The number of carbonyl (C=O) groups is 1. The van der Waals surface area contributed by atoms with Gasteiger partial charge in [-0.05, 0) is 52.5 Å². The van der Waals surface area contributed by atoms with Crippen molar-refractivity contribution in [3.05, 3.63) is 64.8 Å². The van der Waals surface area contributed by atoms with Crippen LogP contribution in [-0.4, -0.2) is 11.1 Å². The molecule has 136 valence electrons. The quantitative estimate of drug-likeness (QED) is 0.518. The van der Waals surface area contributed by atoms with Gasteiger partial charge in [0.15, 0.2) is 0 Å². The number of rotatable bonds is 4. The zero-order chi connectivity index (χ0) is 19.4. The van der Waals surface area contributed by atoms with Crippen LogP contribution in [0.4, 0.5) is 0 Å². The predicted molar refractivity (Wildman–Crippen MR) is 108 cm³/mol. The number of benzene rings is 1. The fraction of sp³-hybridized carbons (Fsp3) is 0.435. The molecule has 0 heterocycles. The van der Waals surface area contributed by atoms with Crippen LogP contribution in [0.25, 0.3) is 5.57 Å². The maximum atomic E-state index is 10.7. The molecular formula is C23H32O2. The van der Waals surface area contributed by atoms with E-state index < -0.39 is 5.97 Å². The van der Waals surface area contributed by atoms with Crippen molar-refractivity contribution in [1.29, 1.82) is 0 Å². The average molecular weight is 341 g/mol. The lowest BCUT2D eigenvalue weighted by Crippen LogP contribution is -2.16. The first-order chi connectivity index (χ1) is 11.3. The van der Waals surface area contributed by atoms with Crippen LogP contribution in [0, 0.1) is 0 Å². The van der Waals surface area contributed by atoms with Crippen molar-refractivity contribution in [3.63, 3.8) is 0 Å². The van der Waals surface area contributed by atoms with Crippen LogP contribution < -0.4 is 0 Å². The molecule has 0 aliphatic rings. The van der Waals surface area contributed by atoms with Crippen LogP contribution in [0.3, 0.4) is 0 Å². The van der Waals surface area contributed by atoms with E-state index in [4.69, 9.17) is 5.11 Å². The van der Waals surface area contributed by atoms with Gasteiger partial charge in [-0.15, -0.1) is 0 Å². The Balaban J connectivity index is 3.29. The second-order valence-electron chi connectivity index (χ2n) is 8.73. The van der Waals surface area contributed by atoms with Crippen LogP contribution >= 0.6 is 0 Å². The van der Waals surface area contributed by atoms with Crippen molar-refractivity contribution in [2.75, 3.05) is 0 Å². The molecule has 0 radical (unpaired) electrons. The Morgan fingerprint density at radius 2 is 1.40 bits per heavy atom. The van der Waals surface area contributed by atoms with Gasteiger partial charge >= 0.3 is 5.97 Å². The third-order valence-electron chi connectivity index (χ3n) is 4.18. The van der Waals surface area contributed by atoms with E-state index in [1.165, 1.54) is 22.8 Å². The van der Waals surface area contributed by atoms with Gasteiger partial charge in [-0.2, -0.15) is 0 Å². The van der Waals surface area contributed by atoms with Crippen molar-refractivity contribution in [2.45, 2.75) is 66.2 Å². The summed E-state index contributed by atoms with van der Waals surface area (Å²) in [4.78, 5) is 10.7. The van der Waals surface area contributed by atoms with E-state index >= 15 is 0 Å². The Kier molecular flexibility index (Phi) is 6.59. The van der Waals surface area contributed by atoms with Gasteiger partial charge in [-0.1, -0.05) is 78.0 Å². The molecule has 0 amide bonds. The molecular weight excluding hydrogens is 308 g/mol. The molecule has 0 bridgehead atoms. The summed E-state index contributed by atoms with van der Waals surface area (Å²) in [5.41, 5.74) is 5.93. The highest BCUT2D eigenvalue weighted by atomic mass is 16.4. The van der Waals surface area contributed by atoms with E-state index in [2.05, 4.69) is 66.7 Å². The standard InChI is InChI=1S/C23H32O2/c1-16(12-21(24)25)10-9-11-17(2)18-13-19(22(3,4)5)15-20(14-18)23(6,7)8/h9-15H,1-8H3,(H,24,25)/b10-9?,16-12?,17-11+. The lowest BCUT2D eigenvalue weighted by atomic mass is 9.79. The maximum Gasteiger partial charge on any atom is 0.328 e. The van der Waals surface area contributed by atoms with Gasteiger partial charge in [0, 0.05) is 6.08 Å². The Morgan fingerprint density at radius 1 is 0.920 bits per heavy atom. The number of hydrogen-bond acceptors (Lipinski definition) is 1. The third-order valence-corrected chi connectivity index (χ3v) is 4.18. The first-order valence-corrected chi connectivity index (χ1v) is 8.73. The minimum Gasteiger partial charge on any atom is -0.478 e. The number of aliphatic carboxylic acids is 1. The minimum atomic E-state index is -0.921. The number of carboxylic acid groups (broad SMARTS) is 1. The molecule has 0 spiro atoms. The van der Waals surface area contributed by atoms with Crippen LogP contribution in [-0.2, 0) is 15.6 Å². The molecule has 1 rings (SSSR count). The lowest BCUT2D eigenvalue weighted by molar-refractivity contribution is -0.131. The number of carboxylic acids is 1. The summed E-state index contributed by atoms with van der Waals surface area (Å²) in [5, 5.41) is 8.76. The van der Waals surface area contributed by atoms with Gasteiger partial charge < -0.3 is 5.11 Å². The number of hydrogen-bond donors (Lipinski definition) is 1. The zero-order valence-corrected chi connectivity index (χ0v) is 16.9. The molecule has 0 saturated carbocycles. The van der Waals surface area contributed by atoms with Crippen LogP contribution in [0.2, 0.25) is 0 Å². The second-order valence-corrected chi connectivity index (χ2v) is 8.73. The van der Waals surface area contributed by atoms with Crippen molar-refractivity contribution >= 4 is 11.5 Å². The van der Waals surface area contributed by atoms with Crippen molar-refractivity contribution in [2.24, 2.45) is 0 Å². The van der Waals surface area contributed by atoms with Crippen molar-refractivity contribution in [3.8, 4) is 0 Å². The van der Waals surface area contributed by atoms with E-state index in [0.29, 0.717) is 0 Å². The molecule has 25 heavy (non-hydrogen) atoms. The van der Waals surface area contributed by atoms with E-state index in [9.17, 15) is 4.79 Å². The summed E-state index contributed by atoms with van der Waals surface area (Å²) >= 11 is 0. The van der Waals surface area contributed by atoms with Crippen LogP contribution in [0.1, 0.15) is 72.1 Å². The topological polar surface area (TPSA) is 37.3 Å². The molecule has 0 unspecified atom stereocenters. The Hall–Kier alpha value is -2.09. The summed E-state index contributed by atoms with van der Waals surface area (Å²) in [5.74, 6) is -0.921. The molecule has 1 aromatic carbocycles. The predicted octanol–water partition coefficient (Wildman–Crippen LogP) is 6.27. The fourth-order valence-corrected chi connectivity index (χ4v) is 2.40. The molecule has 2 nitrogen and oxygen atoms in total. The summed E-state index contributed by atoms with van der Waals surface area (Å²) in [6.07, 6.45) is 6.96.